The highest BCUT2D eigenvalue weighted by atomic mass is 16.5. The number of carbonyl (C=O) groups excluding carboxylic acids is 2. The summed E-state index contributed by atoms with van der Waals surface area (Å²) < 4.78 is 7.19. The van der Waals surface area contributed by atoms with Crippen LogP contribution in [0.5, 0.6) is 0 Å². The quantitative estimate of drug-likeness (QED) is 0.469. The lowest BCUT2D eigenvalue weighted by atomic mass is 10.0. The number of esters is 1. The van der Waals surface area contributed by atoms with Crippen molar-refractivity contribution in [1.82, 2.24) is 24.6 Å². The van der Waals surface area contributed by atoms with Gasteiger partial charge in [0.1, 0.15) is 0 Å². The lowest BCUT2D eigenvalue weighted by Crippen LogP contribution is -2.37. The second kappa shape index (κ2) is 10.8. The van der Waals surface area contributed by atoms with Gasteiger partial charge in [-0.1, -0.05) is 30.3 Å². The van der Waals surface area contributed by atoms with Gasteiger partial charge in [-0.25, -0.2) is 4.79 Å². The number of ether oxygens (including phenoxy) is 1. The molecule has 0 N–H and O–H groups in total. The maximum absolute atomic E-state index is 12.9. The maximum Gasteiger partial charge on any atom is 0.359 e. The van der Waals surface area contributed by atoms with Crippen LogP contribution < -0.4 is 0 Å². The lowest BCUT2D eigenvalue weighted by molar-refractivity contribution is -0.132. The second-order valence-electron chi connectivity index (χ2n) is 8.07. The molecule has 0 fully saturated rings. The van der Waals surface area contributed by atoms with Gasteiger partial charge < -0.3 is 9.64 Å². The number of aromatic nitrogens is 4. The van der Waals surface area contributed by atoms with E-state index in [1.54, 1.807) is 30.4 Å². The van der Waals surface area contributed by atoms with Crippen LogP contribution >= 0.6 is 0 Å². The normalized spacial score (nSPS) is 12.9. The van der Waals surface area contributed by atoms with Crippen molar-refractivity contribution < 1.29 is 14.3 Å². The monoisotopic (exact) mass is 447 g/mol. The van der Waals surface area contributed by atoms with Crippen LogP contribution in [-0.2, 0) is 41.9 Å². The number of hydrogen-bond acceptors (Lipinski definition) is 6. The number of benzene rings is 1. The average Bonchev–Trinajstić information content (AvgIpc) is 3.22. The summed E-state index contributed by atoms with van der Waals surface area (Å²) in [6, 6.07) is 10.3. The molecular weight excluding hydrogens is 418 g/mol. The Balaban J connectivity index is 1.45. The summed E-state index contributed by atoms with van der Waals surface area (Å²) >= 11 is 0. The average molecular weight is 448 g/mol. The van der Waals surface area contributed by atoms with Gasteiger partial charge in [-0.15, -0.1) is 0 Å². The molecule has 0 radical (unpaired) electrons. The summed E-state index contributed by atoms with van der Waals surface area (Å²) in [6.07, 6.45) is 8.35. The van der Waals surface area contributed by atoms with E-state index in [0.29, 0.717) is 38.0 Å². The number of carbonyl (C=O) groups is 2. The van der Waals surface area contributed by atoms with Gasteiger partial charge in [-0.05, 0) is 31.7 Å². The van der Waals surface area contributed by atoms with Crippen LogP contribution in [0.15, 0.2) is 48.9 Å². The van der Waals surface area contributed by atoms with Crippen molar-refractivity contribution in [3.05, 3.63) is 77.1 Å². The van der Waals surface area contributed by atoms with E-state index in [4.69, 9.17) is 4.74 Å². The Morgan fingerprint density at radius 1 is 1.12 bits per heavy atom. The summed E-state index contributed by atoms with van der Waals surface area (Å²) in [5.74, 6) is -0.387. The molecule has 0 unspecified atom stereocenters. The van der Waals surface area contributed by atoms with Gasteiger partial charge in [0.2, 0.25) is 5.91 Å². The largest absolute Gasteiger partial charge is 0.461 e. The molecule has 172 valence electrons. The molecule has 8 heteroatoms. The molecule has 0 saturated carbocycles. The second-order valence-corrected chi connectivity index (χ2v) is 8.07. The molecule has 3 aromatic rings. The lowest BCUT2D eigenvalue weighted by Gasteiger charge is -2.28. The molecule has 1 aliphatic rings. The van der Waals surface area contributed by atoms with Crippen LogP contribution in [0, 0.1) is 0 Å². The van der Waals surface area contributed by atoms with Crippen molar-refractivity contribution in [3.63, 3.8) is 0 Å². The first-order chi connectivity index (χ1) is 16.2. The van der Waals surface area contributed by atoms with Gasteiger partial charge in [-0.3, -0.25) is 19.4 Å². The minimum atomic E-state index is -0.426. The molecule has 1 aliphatic heterocycles. The third-order valence-corrected chi connectivity index (χ3v) is 5.85. The van der Waals surface area contributed by atoms with Crippen molar-refractivity contribution in [1.29, 1.82) is 0 Å². The fourth-order valence-electron chi connectivity index (χ4n) is 4.18. The van der Waals surface area contributed by atoms with Gasteiger partial charge >= 0.3 is 5.97 Å². The molecule has 0 spiro atoms. The van der Waals surface area contributed by atoms with Crippen LogP contribution in [0.1, 0.15) is 52.8 Å². The van der Waals surface area contributed by atoms with Gasteiger partial charge in [-0.2, -0.15) is 5.10 Å². The first kappa shape index (κ1) is 22.6. The van der Waals surface area contributed by atoms with E-state index in [0.717, 1.165) is 36.3 Å². The van der Waals surface area contributed by atoms with Crippen molar-refractivity contribution in [2.45, 2.75) is 52.1 Å². The number of amides is 1. The van der Waals surface area contributed by atoms with Crippen molar-refractivity contribution in [2.75, 3.05) is 13.2 Å². The minimum absolute atomic E-state index is 0.0398. The Bertz CT molecular complexity index is 1080. The minimum Gasteiger partial charge on any atom is -0.461 e. The van der Waals surface area contributed by atoms with E-state index in [1.165, 1.54) is 5.56 Å². The molecule has 8 nitrogen and oxygen atoms in total. The number of rotatable bonds is 9. The SMILES string of the molecule is CCOC(=O)c1nn(CCCc2ccccc2)c2c1CN(C(=O)CCc1cnccn1)CC2. The number of aryl methyl sites for hydroxylation is 3. The summed E-state index contributed by atoms with van der Waals surface area (Å²) in [5.41, 5.74) is 4.25. The number of hydrogen-bond donors (Lipinski definition) is 0. The van der Waals surface area contributed by atoms with Crippen LogP contribution in [0.25, 0.3) is 0 Å². The third-order valence-electron chi connectivity index (χ3n) is 5.85. The highest BCUT2D eigenvalue weighted by molar-refractivity contribution is 5.89. The summed E-state index contributed by atoms with van der Waals surface area (Å²) in [7, 11) is 0. The highest BCUT2D eigenvalue weighted by Gasteiger charge is 2.30. The predicted molar refractivity (Wildman–Crippen MR) is 122 cm³/mol. The Morgan fingerprint density at radius 3 is 2.73 bits per heavy atom. The zero-order valence-electron chi connectivity index (χ0n) is 18.9. The van der Waals surface area contributed by atoms with Gasteiger partial charge in [0, 0.05) is 62.3 Å². The molecule has 1 aromatic carbocycles. The molecular formula is C25H29N5O3. The van der Waals surface area contributed by atoms with Crippen LogP contribution in [0.2, 0.25) is 0 Å². The number of nitrogens with zero attached hydrogens (tertiary/aromatic N) is 5. The zero-order chi connectivity index (χ0) is 23.0. The van der Waals surface area contributed by atoms with Gasteiger partial charge in [0.05, 0.1) is 12.3 Å². The van der Waals surface area contributed by atoms with E-state index in [-0.39, 0.29) is 12.5 Å². The fraction of sp³-hybridized carbons (Fsp3) is 0.400. The van der Waals surface area contributed by atoms with Crippen LogP contribution in [0.3, 0.4) is 0 Å². The smallest absolute Gasteiger partial charge is 0.359 e. The van der Waals surface area contributed by atoms with Crippen molar-refractivity contribution >= 4 is 11.9 Å². The Labute approximate surface area is 193 Å². The highest BCUT2D eigenvalue weighted by Crippen LogP contribution is 2.25. The predicted octanol–water partition coefficient (Wildman–Crippen LogP) is 3.00. The van der Waals surface area contributed by atoms with Crippen LogP contribution in [0.4, 0.5) is 0 Å². The fourth-order valence-corrected chi connectivity index (χ4v) is 4.18. The number of fused-ring (bicyclic) bond motifs is 1. The van der Waals surface area contributed by atoms with Gasteiger partial charge in [0.25, 0.3) is 0 Å². The molecule has 1 amide bonds. The Hall–Kier alpha value is -3.55. The molecule has 4 rings (SSSR count). The molecule has 0 aliphatic carbocycles. The van der Waals surface area contributed by atoms with E-state index < -0.39 is 5.97 Å². The van der Waals surface area contributed by atoms with Crippen molar-refractivity contribution in [2.24, 2.45) is 0 Å². The first-order valence-electron chi connectivity index (χ1n) is 11.5. The standard InChI is InChI=1S/C25H29N5O3/c1-2-33-25(32)24-21-18-29(23(31)11-10-20-17-26-13-14-27-20)16-12-22(21)30(28-24)15-6-9-19-7-4-3-5-8-19/h3-5,7-8,13-14,17H,2,6,9-12,15-16,18H2,1H3. The third kappa shape index (κ3) is 5.63. The maximum atomic E-state index is 12.9. The molecule has 2 aromatic heterocycles. The summed E-state index contributed by atoms with van der Waals surface area (Å²) in [5, 5.41) is 4.61. The zero-order valence-corrected chi connectivity index (χ0v) is 18.9. The first-order valence-corrected chi connectivity index (χ1v) is 11.5. The van der Waals surface area contributed by atoms with E-state index in [1.807, 2.05) is 22.9 Å². The van der Waals surface area contributed by atoms with Gasteiger partial charge in [0.15, 0.2) is 5.69 Å². The summed E-state index contributed by atoms with van der Waals surface area (Å²) in [6.45, 7) is 3.77. The molecule has 0 bridgehead atoms. The van der Waals surface area contributed by atoms with E-state index in [2.05, 4.69) is 27.2 Å². The molecule has 3 heterocycles. The Kier molecular flexibility index (Phi) is 7.44. The van der Waals surface area contributed by atoms with E-state index >= 15 is 0 Å². The molecule has 33 heavy (non-hydrogen) atoms. The van der Waals surface area contributed by atoms with E-state index in [9.17, 15) is 9.59 Å². The van der Waals surface area contributed by atoms with Crippen LogP contribution in [-0.4, -0.2) is 49.7 Å². The Morgan fingerprint density at radius 2 is 1.97 bits per heavy atom. The van der Waals surface area contributed by atoms with Crippen molar-refractivity contribution in [3.8, 4) is 0 Å². The summed E-state index contributed by atoms with van der Waals surface area (Å²) in [4.78, 5) is 35.5. The molecule has 0 saturated heterocycles. The molecule has 0 atom stereocenters. The topological polar surface area (TPSA) is 90.2 Å².